The van der Waals surface area contributed by atoms with Gasteiger partial charge >= 0.3 is 0 Å². The van der Waals surface area contributed by atoms with Gasteiger partial charge in [0.1, 0.15) is 5.69 Å². The third-order valence-corrected chi connectivity index (χ3v) is 4.21. The lowest BCUT2D eigenvalue weighted by atomic mass is 10.1. The van der Waals surface area contributed by atoms with Gasteiger partial charge in [0.05, 0.1) is 16.3 Å². The normalized spacial score (nSPS) is 11.3. The second-order valence-corrected chi connectivity index (χ2v) is 6.17. The average molecular weight is 346 g/mol. The Morgan fingerprint density at radius 1 is 0.731 bits per heavy atom. The number of hydrazine groups is 2. The van der Waals surface area contributed by atoms with Gasteiger partial charge in [0.2, 0.25) is 0 Å². The highest BCUT2D eigenvalue weighted by Gasteiger charge is 2.17. The van der Waals surface area contributed by atoms with E-state index in [2.05, 4.69) is 10.6 Å². The van der Waals surface area contributed by atoms with Gasteiger partial charge in [0, 0.05) is 5.11 Å². The summed E-state index contributed by atoms with van der Waals surface area (Å²) in [6.45, 7) is 5.94. The molecule has 0 atom stereocenters. The van der Waals surface area contributed by atoms with Crippen molar-refractivity contribution in [1.82, 2.24) is 5.53 Å². The summed E-state index contributed by atoms with van der Waals surface area (Å²) in [5.41, 5.74) is 8.30. The minimum atomic E-state index is 0.501. The van der Waals surface area contributed by atoms with Gasteiger partial charge in [-0.1, -0.05) is 60.1 Å². The Labute approximate surface area is 153 Å². The summed E-state index contributed by atoms with van der Waals surface area (Å²) in [6.07, 6.45) is 0. The van der Waals surface area contributed by atoms with Crippen molar-refractivity contribution in [3.8, 4) is 0 Å². The van der Waals surface area contributed by atoms with Crippen LogP contribution in [0.2, 0.25) is 0 Å². The molecule has 132 valence electrons. The van der Waals surface area contributed by atoms with Gasteiger partial charge in [-0.25, -0.2) is 5.01 Å². The molecule has 0 amide bonds. The van der Waals surface area contributed by atoms with Crippen LogP contribution in [0, 0.1) is 26.0 Å². The molecule has 0 aliphatic rings. The van der Waals surface area contributed by atoms with Crippen LogP contribution in [-0.4, -0.2) is 4.97 Å². The van der Waals surface area contributed by atoms with E-state index in [1.54, 1.807) is 5.01 Å². The smallest absolute Gasteiger partial charge is 0.137 e. The van der Waals surface area contributed by atoms with E-state index < -0.39 is 0 Å². The maximum absolute atomic E-state index is 12.5. The molecule has 5 heteroatoms. The molecule has 0 aliphatic heterocycles. The van der Waals surface area contributed by atoms with Crippen LogP contribution in [0.5, 0.6) is 0 Å². The lowest BCUT2D eigenvalue weighted by Gasteiger charge is -2.25. The van der Waals surface area contributed by atoms with Gasteiger partial charge in [0.25, 0.3) is 0 Å². The second kappa shape index (κ2) is 7.70. The number of hydrogen-bond acceptors (Lipinski definition) is 3. The van der Waals surface area contributed by atoms with E-state index >= 15 is 0 Å². The quantitative estimate of drug-likeness (QED) is 0.379. The summed E-state index contributed by atoms with van der Waals surface area (Å²) in [5, 5.41) is 18.4. The molecule has 0 unspecified atom stereocenters. The Bertz CT molecular complexity index is 891. The van der Waals surface area contributed by atoms with Crippen molar-refractivity contribution in [2.24, 2.45) is 5.11 Å². The van der Waals surface area contributed by atoms with Gasteiger partial charge in [-0.3, -0.25) is 0 Å². The number of para-hydroxylation sites is 2. The first-order valence-corrected chi connectivity index (χ1v) is 8.48. The zero-order valence-electron chi connectivity index (χ0n) is 15.2. The number of nitrogens with zero attached hydrogens (tertiary/aromatic N) is 3. The Hall–Kier alpha value is -3.34. The maximum Gasteiger partial charge on any atom is 0.137 e. The summed E-state index contributed by atoms with van der Waals surface area (Å²) >= 11 is 0. The first kappa shape index (κ1) is 17.5. The van der Waals surface area contributed by atoms with E-state index in [0.29, 0.717) is 10.7 Å². The number of anilines is 2. The summed E-state index contributed by atoms with van der Waals surface area (Å²) < 4.78 is 0. The van der Waals surface area contributed by atoms with E-state index in [1.807, 2.05) is 93.6 Å². The number of benzene rings is 3. The molecule has 0 heterocycles. The predicted octanol–water partition coefficient (Wildman–Crippen LogP) is 5.46. The van der Waals surface area contributed by atoms with Crippen LogP contribution in [0.3, 0.4) is 0 Å². The summed E-state index contributed by atoms with van der Waals surface area (Å²) in [4.78, 5) is 0.501. The zero-order chi connectivity index (χ0) is 18.5. The molecular formula is C21H22N4O. The molecule has 0 bridgehead atoms. The first-order chi connectivity index (χ1) is 12.6. The molecule has 0 fully saturated rings. The van der Waals surface area contributed by atoms with Crippen LogP contribution < -0.4 is 10.5 Å². The summed E-state index contributed by atoms with van der Waals surface area (Å²) in [6, 6.07) is 23.3. The van der Waals surface area contributed by atoms with Crippen LogP contribution >= 0.6 is 0 Å². The third-order valence-electron chi connectivity index (χ3n) is 4.21. The van der Waals surface area contributed by atoms with Crippen molar-refractivity contribution in [3.63, 3.8) is 0 Å². The highest BCUT2D eigenvalue weighted by molar-refractivity contribution is 5.67. The molecule has 3 aromatic carbocycles. The Morgan fingerprint density at radius 2 is 1.19 bits per heavy atom. The zero-order valence-corrected chi connectivity index (χ0v) is 15.2. The van der Waals surface area contributed by atoms with Crippen molar-refractivity contribution in [1.29, 1.82) is 0 Å². The molecule has 0 spiro atoms. The second-order valence-electron chi connectivity index (χ2n) is 6.17. The van der Waals surface area contributed by atoms with Crippen molar-refractivity contribution in [2.45, 2.75) is 20.8 Å². The number of hydrogen-bond donors (Lipinski definition) is 1. The predicted molar refractivity (Wildman–Crippen MR) is 105 cm³/mol. The fraction of sp³-hybridized carbons (Fsp3) is 0.143. The van der Waals surface area contributed by atoms with E-state index in [4.69, 9.17) is 0 Å². The fourth-order valence-electron chi connectivity index (χ4n) is 2.75. The molecule has 3 aromatic rings. The maximum atomic E-state index is 12.5. The molecule has 5 nitrogen and oxygen atoms in total. The van der Waals surface area contributed by atoms with Gasteiger partial charge in [-0.05, 0) is 55.7 Å². The van der Waals surface area contributed by atoms with Crippen molar-refractivity contribution in [3.05, 3.63) is 94.7 Å². The van der Waals surface area contributed by atoms with E-state index in [9.17, 15) is 5.21 Å². The van der Waals surface area contributed by atoms with Crippen LogP contribution in [-0.2, 0) is 0 Å². The molecule has 0 aromatic heterocycles. The van der Waals surface area contributed by atoms with Crippen molar-refractivity contribution < 1.29 is 4.97 Å². The molecule has 1 N–H and O–H groups in total. The molecule has 0 radical (unpaired) electrons. The van der Waals surface area contributed by atoms with Crippen LogP contribution in [0.4, 0.5) is 17.1 Å². The van der Waals surface area contributed by atoms with Crippen molar-refractivity contribution in [2.75, 3.05) is 5.01 Å². The lowest BCUT2D eigenvalue weighted by molar-refractivity contribution is -0.585. The Balaban J connectivity index is 2.01. The molecule has 0 aliphatic carbocycles. The first-order valence-electron chi connectivity index (χ1n) is 8.48. The van der Waals surface area contributed by atoms with Gasteiger partial charge in [-0.2, -0.15) is 0 Å². The highest BCUT2D eigenvalue weighted by Crippen LogP contribution is 2.29. The van der Waals surface area contributed by atoms with Gasteiger partial charge in [-0.15, -0.1) is 0 Å². The molecule has 0 saturated carbocycles. The average Bonchev–Trinajstić information content (AvgIpc) is 2.63. The number of nitrogens with one attached hydrogen (secondary N) is 1. The van der Waals surface area contributed by atoms with Gasteiger partial charge in [0.15, 0.2) is 0 Å². The largest absolute Gasteiger partial charge is 0.570 e. The Morgan fingerprint density at radius 3 is 1.69 bits per heavy atom. The minimum absolute atomic E-state index is 0.501. The monoisotopic (exact) mass is 346 g/mol. The van der Waals surface area contributed by atoms with Crippen LogP contribution in [0.25, 0.3) is 0 Å². The van der Waals surface area contributed by atoms with Crippen molar-refractivity contribution >= 4 is 17.1 Å². The van der Waals surface area contributed by atoms with E-state index in [1.165, 1.54) is 0 Å². The molecule has 3 rings (SSSR count). The summed E-state index contributed by atoms with van der Waals surface area (Å²) in [5.74, 6) is 0. The van der Waals surface area contributed by atoms with Gasteiger partial charge < -0.3 is 5.21 Å². The lowest BCUT2D eigenvalue weighted by Crippen LogP contribution is -2.39. The van der Waals surface area contributed by atoms with Crippen LogP contribution in [0.15, 0.2) is 77.9 Å². The van der Waals surface area contributed by atoms with Crippen LogP contribution in [0.1, 0.15) is 16.7 Å². The molecule has 26 heavy (non-hydrogen) atoms. The van der Waals surface area contributed by atoms with E-state index in [0.717, 1.165) is 28.1 Å². The fourth-order valence-corrected chi connectivity index (χ4v) is 2.75. The standard InChI is InChI=1S/C21H22N4O/c1-16-10-4-7-13-19(16)22-25(26)23-24(20-14-8-5-11-17(20)2)21-15-9-6-12-18(21)3/h4-15H,1-3H3,(H,22,23). The number of aryl methyl sites for hydroxylation is 3. The third kappa shape index (κ3) is 3.83. The van der Waals surface area contributed by atoms with E-state index in [-0.39, 0.29) is 0 Å². The highest BCUT2D eigenvalue weighted by atomic mass is 16.5. The minimum Gasteiger partial charge on any atom is -0.570 e. The topological polar surface area (TPSA) is 53.7 Å². The SMILES string of the molecule is Cc1ccccc1N=[N+]([O-])NN(c1ccccc1C)c1ccccc1C. The number of rotatable bonds is 5. The molecular weight excluding hydrogens is 324 g/mol. The Kier molecular flexibility index (Phi) is 5.17. The molecule has 0 saturated heterocycles. The summed E-state index contributed by atoms with van der Waals surface area (Å²) in [7, 11) is 0.